The highest BCUT2D eigenvalue weighted by Crippen LogP contribution is 2.47. The first-order valence-electron chi connectivity index (χ1n) is 10.3. The van der Waals surface area contributed by atoms with E-state index < -0.39 is 0 Å². The van der Waals surface area contributed by atoms with Gasteiger partial charge >= 0.3 is 0 Å². The third-order valence-corrected chi connectivity index (χ3v) is 7.51. The summed E-state index contributed by atoms with van der Waals surface area (Å²) in [6, 6.07) is 5.85. The number of anilines is 1. The van der Waals surface area contributed by atoms with E-state index in [0.717, 1.165) is 34.5 Å². The van der Waals surface area contributed by atoms with E-state index in [-0.39, 0.29) is 0 Å². The van der Waals surface area contributed by atoms with Gasteiger partial charge < -0.3 is 15.5 Å². The third-order valence-electron chi connectivity index (χ3n) is 6.48. The fourth-order valence-electron chi connectivity index (χ4n) is 5.79. The van der Waals surface area contributed by atoms with Crippen molar-refractivity contribution in [2.24, 2.45) is 17.8 Å². The Morgan fingerprint density at radius 1 is 1.21 bits per heavy atom. The molecule has 3 aromatic rings. The molecule has 148 valence electrons. The fraction of sp³-hybridized carbons (Fsp3) is 0.545. The molecule has 5 nitrogen and oxygen atoms in total. The van der Waals surface area contributed by atoms with Crippen LogP contribution in [0.5, 0.6) is 0 Å². The van der Waals surface area contributed by atoms with Crippen molar-refractivity contribution < 1.29 is 4.42 Å². The van der Waals surface area contributed by atoms with Crippen LogP contribution in [0.3, 0.4) is 0 Å². The second kappa shape index (κ2) is 6.85. The molecule has 0 radical (unpaired) electrons. The predicted octanol–water partition coefficient (Wildman–Crippen LogP) is 5.23. The van der Waals surface area contributed by atoms with Crippen molar-refractivity contribution in [3.8, 4) is 11.6 Å². The normalized spacial score (nSPS) is 30.0. The summed E-state index contributed by atoms with van der Waals surface area (Å²) in [6.07, 6.45) is 8.35. The maximum Gasteiger partial charge on any atom is 0.199 e. The molecule has 2 fully saturated rings. The molecule has 2 unspecified atom stereocenters. The quantitative estimate of drug-likeness (QED) is 0.631. The minimum atomic E-state index is 0.298. The topological polar surface area (TPSA) is 77.0 Å². The number of nitrogens with two attached hydrogens (primary N) is 1. The van der Waals surface area contributed by atoms with Crippen molar-refractivity contribution in [1.82, 2.24) is 15.3 Å². The van der Waals surface area contributed by atoms with E-state index in [1.165, 1.54) is 37.0 Å². The molecule has 3 heterocycles. The van der Waals surface area contributed by atoms with Crippen molar-refractivity contribution in [3.63, 3.8) is 0 Å². The summed E-state index contributed by atoms with van der Waals surface area (Å²) in [5.74, 6) is 4.26. The predicted molar refractivity (Wildman–Crippen MR) is 114 cm³/mol. The summed E-state index contributed by atoms with van der Waals surface area (Å²) in [5, 5.41) is 4.91. The van der Waals surface area contributed by atoms with Gasteiger partial charge in [-0.2, -0.15) is 0 Å². The standard InChI is InChI=1S/C22H28N4OS/c1-13-6-15-7-14(2)10-22(9-13,11-15)24-12-16-8-17-19(23)25-20(26-21(17)28-16)18-4-3-5-27-18/h3-5,8,13-15,24H,6-7,9-12H2,1-2H3,(H2,23,25,26). The molecule has 2 bridgehead atoms. The molecule has 0 amide bonds. The van der Waals surface area contributed by atoms with E-state index >= 15 is 0 Å². The Balaban J connectivity index is 1.39. The number of nitrogens with one attached hydrogen (secondary N) is 1. The van der Waals surface area contributed by atoms with Crippen LogP contribution in [0, 0.1) is 17.8 Å². The van der Waals surface area contributed by atoms with Gasteiger partial charge in [0.15, 0.2) is 11.6 Å². The van der Waals surface area contributed by atoms with Crippen LogP contribution in [-0.4, -0.2) is 15.5 Å². The van der Waals surface area contributed by atoms with Gasteiger partial charge in [-0.1, -0.05) is 13.8 Å². The smallest absolute Gasteiger partial charge is 0.199 e. The van der Waals surface area contributed by atoms with Gasteiger partial charge in [0, 0.05) is 17.0 Å². The summed E-state index contributed by atoms with van der Waals surface area (Å²) >= 11 is 1.71. The van der Waals surface area contributed by atoms with Gasteiger partial charge in [-0.15, -0.1) is 11.3 Å². The number of thiophene rings is 1. The summed E-state index contributed by atoms with van der Waals surface area (Å²) in [6.45, 7) is 5.72. The molecule has 0 spiro atoms. The Morgan fingerprint density at radius 2 is 2.00 bits per heavy atom. The van der Waals surface area contributed by atoms with Crippen LogP contribution in [0.25, 0.3) is 21.8 Å². The molecule has 6 heteroatoms. The molecule has 2 atom stereocenters. The molecule has 28 heavy (non-hydrogen) atoms. The number of nitrogen functional groups attached to an aromatic ring is 1. The lowest BCUT2D eigenvalue weighted by atomic mass is 9.61. The minimum Gasteiger partial charge on any atom is -0.461 e. The number of fused-ring (bicyclic) bond motifs is 3. The summed E-state index contributed by atoms with van der Waals surface area (Å²) in [7, 11) is 0. The third kappa shape index (κ3) is 3.33. The molecular weight excluding hydrogens is 368 g/mol. The lowest BCUT2D eigenvalue weighted by molar-refractivity contribution is 0.0544. The van der Waals surface area contributed by atoms with Crippen LogP contribution in [0.2, 0.25) is 0 Å². The highest BCUT2D eigenvalue weighted by Gasteiger charge is 2.43. The Hall–Kier alpha value is -1.92. The van der Waals surface area contributed by atoms with E-state index in [0.29, 0.717) is 22.9 Å². The van der Waals surface area contributed by atoms with Gasteiger partial charge in [-0.25, -0.2) is 9.97 Å². The van der Waals surface area contributed by atoms with E-state index in [1.54, 1.807) is 17.6 Å². The van der Waals surface area contributed by atoms with Gasteiger partial charge in [0.2, 0.25) is 0 Å². The number of furan rings is 1. The minimum absolute atomic E-state index is 0.298. The van der Waals surface area contributed by atoms with Gasteiger partial charge in [0.05, 0.1) is 11.6 Å². The Bertz CT molecular complexity index is 960. The van der Waals surface area contributed by atoms with Gasteiger partial charge in [0.1, 0.15) is 10.6 Å². The zero-order valence-corrected chi connectivity index (χ0v) is 17.4. The first-order valence-corrected chi connectivity index (χ1v) is 11.2. The summed E-state index contributed by atoms with van der Waals surface area (Å²) < 4.78 is 5.43. The van der Waals surface area contributed by atoms with Crippen LogP contribution in [-0.2, 0) is 6.54 Å². The Morgan fingerprint density at radius 3 is 2.71 bits per heavy atom. The maximum atomic E-state index is 6.22. The van der Waals surface area contributed by atoms with Crippen molar-refractivity contribution in [3.05, 3.63) is 29.3 Å². The summed E-state index contributed by atoms with van der Waals surface area (Å²) in [5.41, 5.74) is 6.52. The van der Waals surface area contributed by atoms with Crippen LogP contribution < -0.4 is 11.1 Å². The molecule has 0 aliphatic heterocycles. The molecule has 3 N–H and O–H groups in total. The van der Waals surface area contributed by atoms with E-state index in [4.69, 9.17) is 10.2 Å². The number of rotatable bonds is 4. The van der Waals surface area contributed by atoms with Crippen LogP contribution in [0.4, 0.5) is 5.82 Å². The number of aromatic nitrogens is 2. The molecule has 2 saturated carbocycles. The first kappa shape index (κ1) is 18.1. The highest BCUT2D eigenvalue weighted by atomic mass is 32.1. The number of hydrogen-bond donors (Lipinski definition) is 2. The highest BCUT2D eigenvalue weighted by molar-refractivity contribution is 7.18. The lowest BCUT2D eigenvalue weighted by Gasteiger charge is -2.50. The molecule has 2 aliphatic rings. The second-order valence-electron chi connectivity index (χ2n) is 9.14. The van der Waals surface area contributed by atoms with Gasteiger partial charge in [0.25, 0.3) is 0 Å². The van der Waals surface area contributed by atoms with E-state index in [1.807, 2.05) is 12.1 Å². The largest absolute Gasteiger partial charge is 0.461 e. The Labute approximate surface area is 169 Å². The van der Waals surface area contributed by atoms with Crippen LogP contribution in [0.1, 0.15) is 50.8 Å². The molecule has 0 aromatic carbocycles. The van der Waals surface area contributed by atoms with Crippen molar-refractivity contribution in [1.29, 1.82) is 0 Å². The number of hydrogen-bond acceptors (Lipinski definition) is 6. The van der Waals surface area contributed by atoms with Crippen molar-refractivity contribution in [2.45, 2.75) is 58.0 Å². The van der Waals surface area contributed by atoms with E-state index in [9.17, 15) is 0 Å². The number of nitrogens with zero attached hydrogens (tertiary/aromatic N) is 2. The first-order chi connectivity index (χ1) is 13.5. The molecular formula is C22H28N4OS. The maximum absolute atomic E-state index is 6.22. The van der Waals surface area contributed by atoms with Gasteiger partial charge in [-0.05, 0) is 68.1 Å². The second-order valence-corrected chi connectivity index (χ2v) is 10.3. The average molecular weight is 397 g/mol. The zero-order valence-electron chi connectivity index (χ0n) is 16.6. The molecule has 2 aliphatic carbocycles. The Kier molecular flexibility index (Phi) is 4.43. The SMILES string of the molecule is CC1CC2CC(C)CC(NCc3cc4c(N)nc(-c5ccco5)nc4s3)(C1)C2. The fourth-order valence-corrected chi connectivity index (χ4v) is 6.77. The zero-order chi connectivity index (χ0) is 19.3. The van der Waals surface area contributed by atoms with Crippen LogP contribution >= 0.6 is 11.3 Å². The molecule has 0 saturated heterocycles. The summed E-state index contributed by atoms with van der Waals surface area (Å²) in [4.78, 5) is 11.3. The molecule has 5 rings (SSSR count). The van der Waals surface area contributed by atoms with Crippen molar-refractivity contribution in [2.75, 3.05) is 5.73 Å². The van der Waals surface area contributed by atoms with Crippen LogP contribution in [0.15, 0.2) is 28.9 Å². The monoisotopic (exact) mass is 396 g/mol. The average Bonchev–Trinajstić information content (AvgIpc) is 3.28. The van der Waals surface area contributed by atoms with E-state index in [2.05, 4.69) is 35.2 Å². The van der Waals surface area contributed by atoms with Gasteiger partial charge in [-0.3, -0.25) is 0 Å². The molecule has 3 aromatic heterocycles. The lowest BCUT2D eigenvalue weighted by Crippen LogP contribution is -2.53. The van der Waals surface area contributed by atoms with Crippen molar-refractivity contribution >= 4 is 27.4 Å².